The maximum atomic E-state index is 12.4. The number of carbonyl (C=O) groups is 1. The van der Waals surface area contributed by atoms with E-state index in [-0.39, 0.29) is 12.3 Å². The summed E-state index contributed by atoms with van der Waals surface area (Å²) in [5.74, 6) is 1.49. The molecule has 0 aliphatic heterocycles. The minimum Gasteiger partial charge on any atom is -0.310 e. The predicted octanol–water partition coefficient (Wildman–Crippen LogP) is 3.97. The number of rotatable bonds is 6. The lowest BCUT2D eigenvalue weighted by Crippen LogP contribution is -2.19. The highest BCUT2D eigenvalue weighted by molar-refractivity contribution is 7.14. The van der Waals surface area contributed by atoms with Crippen molar-refractivity contribution in [2.75, 3.05) is 5.32 Å². The van der Waals surface area contributed by atoms with Crippen LogP contribution in [0.3, 0.4) is 0 Å². The minimum atomic E-state index is -0.0437. The third-order valence-electron chi connectivity index (χ3n) is 4.07. The molecule has 0 unspecified atom stereocenters. The molecule has 0 saturated heterocycles. The molecule has 5 nitrogen and oxygen atoms in total. The second kappa shape index (κ2) is 6.49. The lowest BCUT2D eigenvalue weighted by molar-refractivity contribution is -0.115. The Labute approximate surface area is 148 Å². The summed E-state index contributed by atoms with van der Waals surface area (Å²) in [5, 5.41) is 14.4. The third-order valence-corrected chi connectivity index (χ3v) is 5.69. The Hall–Kier alpha value is -1.99. The van der Waals surface area contributed by atoms with E-state index >= 15 is 0 Å². The maximum Gasteiger partial charge on any atom is 0.231 e. The smallest absolute Gasteiger partial charge is 0.231 e. The van der Waals surface area contributed by atoms with Crippen LogP contribution in [0.2, 0.25) is 0 Å². The van der Waals surface area contributed by atoms with Crippen LogP contribution in [0.1, 0.15) is 24.1 Å². The lowest BCUT2D eigenvalue weighted by atomic mass is 10.3. The zero-order chi connectivity index (χ0) is 16.5. The van der Waals surface area contributed by atoms with E-state index in [1.807, 2.05) is 34.6 Å². The van der Waals surface area contributed by atoms with E-state index in [0.717, 1.165) is 34.2 Å². The molecule has 1 aliphatic carbocycles. The van der Waals surface area contributed by atoms with Crippen molar-refractivity contribution in [1.82, 2.24) is 14.8 Å². The standard InChI is InChI=1S/C17H18N4OS2/c1-11-7-18-21(8-12-2-3-12)16(11)20-15(22)6-14-10-24-17(19-14)13-4-5-23-9-13/h4-5,7,9-10,12H,2-3,6,8H2,1H3,(H,20,22). The Morgan fingerprint density at radius 2 is 2.29 bits per heavy atom. The molecule has 124 valence electrons. The molecule has 1 amide bonds. The second-order valence-corrected chi connectivity index (χ2v) is 7.82. The molecule has 3 aromatic heterocycles. The Balaban J connectivity index is 1.43. The number of anilines is 1. The van der Waals surface area contributed by atoms with Gasteiger partial charge in [0, 0.05) is 28.4 Å². The molecule has 24 heavy (non-hydrogen) atoms. The van der Waals surface area contributed by atoms with Crippen molar-refractivity contribution in [3.63, 3.8) is 0 Å². The van der Waals surface area contributed by atoms with Crippen molar-refractivity contribution in [1.29, 1.82) is 0 Å². The molecule has 3 heterocycles. The van der Waals surface area contributed by atoms with Crippen LogP contribution < -0.4 is 5.32 Å². The fourth-order valence-corrected chi connectivity index (χ4v) is 4.10. The number of amides is 1. The van der Waals surface area contributed by atoms with E-state index in [0.29, 0.717) is 5.92 Å². The summed E-state index contributed by atoms with van der Waals surface area (Å²) in [6, 6.07) is 2.05. The van der Waals surface area contributed by atoms with Gasteiger partial charge in [0.1, 0.15) is 10.8 Å². The molecule has 1 aliphatic rings. The fraction of sp³-hybridized carbons (Fsp3) is 0.353. The van der Waals surface area contributed by atoms with Crippen LogP contribution in [0.25, 0.3) is 10.6 Å². The summed E-state index contributed by atoms with van der Waals surface area (Å²) in [7, 11) is 0. The normalized spacial score (nSPS) is 14.0. The van der Waals surface area contributed by atoms with Crippen molar-refractivity contribution in [2.24, 2.45) is 5.92 Å². The number of thiophene rings is 1. The average molecular weight is 358 g/mol. The molecule has 3 aromatic rings. The number of hydrogen-bond acceptors (Lipinski definition) is 5. The van der Waals surface area contributed by atoms with Gasteiger partial charge in [-0.1, -0.05) is 0 Å². The molecule has 1 N–H and O–H groups in total. The van der Waals surface area contributed by atoms with Crippen LogP contribution in [-0.4, -0.2) is 20.7 Å². The number of aryl methyl sites for hydroxylation is 1. The average Bonchev–Trinajstić information content (AvgIpc) is 2.94. The van der Waals surface area contributed by atoms with Gasteiger partial charge in [0.15, 0.2) is 0 Å². The van der Waals surface area contributed by atoms with Crippen molar-refractivity contribution in [3.8, 4) is 10.6 Å². The van der Waals surface area contributed by atoms with Gasteiger partial charge >= 0.3 is 0 Å². The number of nitrogens with one attached hydrogen (secondary N) is 1. The van der Waals surface area contributed by atoms with E-state index in [4.69, 9.17) is 0 Å². The summed E-state index contributed by atoms with van der Waals surface area (Å²) in [6.07, 6.45) is 4.62. The first kappa shape index (κ1) is 15.5. The summed E-state index contributed by atoms with van der Waals surface area (Å²) in [5.41, 5.74) is 2.93. The Bertz CT molecular complexity index is 846. The number of nitrogens with zero attached hydrogens (tertiary/aromatic N) is 3. The summed E-state index contributed by atoms with van der Waals surface area (Å²) in [6.45, 7) is 2.87. The van der Waals surface area contributed by atoms with Crippen LogP contribution in [0.4, 0.5) is 5.82 Å². The van der Waals surface area contributed by atoms with E-state index in [1.54, 1.807) is 22.7 Å². The van der Waals surface area contributed by atoms with Gasteiger partial charge in [-0.3, -0.25) is 4.79 Å². The largest absolute Gasteiger partial charge is 0.310 e. The van der Waals surface area contributed by atoms with Crippen molar-refractivity contribution < 1.29 is 4.79 Å². The van der Waals surface area contributed by atoms with Crippen molar-refractivity contribution >= 4 is 34.4 Å². The number of aromatic nitrogens is 3. The van der Waals surface area contributed by atoms with Crippen LogP contribution in [-0.2, 0) is 17.8 Å². The van der Waals surface area contributed by atoms with Crippen molar-refractivity contribution in [3.05, 3.63) is 39.7 Å². The predicted molar refractivity (Wildman–Crippen MR) is 97.4 cm³/mol. The molecular weight excluding hydrogens is 340 g/mol. The highest BCUT2D eigenvalue weighted by atomic mass is 32.1. The molecule has 0 radical (unpaired) electrons. The molecular formula is C17H18N4OS2. The van der Waals surface area contributed by atoms with E-state index in [1.165, 1.54) is 12.8 Å². The SMILES string of the molecule is Cc1cnn(CC2CC2)c1NC(=O)Cc1csc(-c2ccsc2)n1. The summed E-state index contributed by atoms with van der Waals surface area (Å²) < 4.78 is 1.92. The van der Waals surface area contributed by atoms with Crippen LogP contribution >= 0.6 is 22.7 Å². The van der Waals surface area contributed by atoms with E-state index in [2.05, 4.69) is 20.8 Å². The van der Waals surface area contributed by atoms with Crippen molar-refractivity contribution in [2.45, 2.75) is 32.7 Å². The first-order chi connectivity index (χ1) is 11.7. The quantitative estimate of drug-likeness (QED) is 0.725. The Morgan fingerprint density at radius 1 is 1.42 bits per heavy atom. The van der Waals surface area contributed by atoms with Crippen LogP contribution in [0, 0.1) is 12.8 Å². The molecule has 4 rings (SSSR count). The number of carbonyl (C=O) groups excluding carboxylic acids is 1. The monoisotopic (exact) mass is 358 g/mol. The molecule has 0 atom stereocenters. The van der Waals surface area contributed by atoms with Crippen LogP contribution in [0.5, 0.6) is 0 Å². The van der Waals surface area contributed by atoms with Gasteiger partial charge in [0.2, 0.25) is 5.91 Å². The number of hydrogen-bond donors (Lipinski definition) is 1. The molecule has 7 heteroatoms. The third kappa shape index (κ3) is 3.42. The highest BCUT2D eigenvalue weighted by Gasteiger charge is 2.24. The Morgan fingerprint density at radius 3 is 3.04 bits per heavy atom. The molecule has 1 fully saturated rings. The fourth-order valence-electron chi connectivity index (χ4n) is 2.57. The number of thiazole rings is 1. The van der Waals surface area contributed by atoms with Gasteiger partial charge in [0.05, 0.1) is 18.3 Å². The van der Waals surface area contributed by atoms with Gasteiger partial charge in [0.25, 0.3) is 0 Å². The Kier molecular flexibility index (Phi) is 4.20. The molecule has 0 bridgehead atoms. The zero-order valence-corrected chi connectivity index (χ0v) is 15.0. The highest BCUT2D eigenvalue weighted by Crippen LogP contribution is 2.32. The van der Waals surface area contributed by atoms with Gasteiger partial charge in [-0.25, -0.2) is 9.67 Å². The van der Waals surface area contributed by atoms with Gasteiger partial charge in [-0.15, -0.1) is 11.3 Å². The van der Waals surface area contributed by atoms with Gasteiger partial charge in [-0.2, -0.15) is 16.4 Å². The molecule has 1 saturated carbocycles. The van der Waals surface area contributed by atoms with Gasteiger partial charge < -0.3 is 5.32 Å². The maximum absolute atomic E-state index is 12.4. The van der Waals surface area contributed by atoms with Gasteiger partial charge in [-0.05, 0) is 37.1 Å². The molecule has 0 spiro atoms. The van der Waals surface area contributed by atoms with Crippen LogP contribution in [0.15, 0.2) is 28.4 Å². The summed E-state index contributed by atoms with van der Waals surface area (Å²) >= 11 is 3.23. The summed E-state index contributed by atoms with van der Waals surface area (Å²) in [4.78, 5) is 17.0. The minimum absolute atomic E-state index is 0.0437. The first-order valence-electron chi connectivity index (χ1n) is 7.98. The van der Waals surface area contributed by atoms with E-state index < -0.39 is 0 Å². The zero-order valence-electron chi connectivity index (χ0n) is 13.4. The lowest BCUT2D eigenvalue weighted by Gasteiger charge is -2.09. The molecule has 0 aromatic carbocycles. The van der Waals surface area contributed by atoms with E-state index in [9.17, 15) is 4.79 Å². The first-order valence-corrected chi connectivity index (χ1v) is 9.80. The second-order valence-electron chi connectivity index (χ2n) is 6.18. The topological polar surface area (TPSA) is 59.8 Å².